The molecule has 0 rings (SSSR count). The molecule has 0 heterocycles. The average Bonchev–Trinajstić information content (AvgIpc) is 2.66. The van der Waals surface area contributed by atoms with Gasteiger partial charge in [-0.25, -0.2) is 0 Å². The highest BCUT2D eigenvalue weighted by molar-refractivity contribution is 5.92. The Labute approximate surface area is 176 Å². The van der Waals surface area contributed by atoms with Crippen molar-refractivity contribution in [3.63, 3.8) is 0 Å². The molecule has 6 heteroatoms. The van der Waals surface area contributed by atoms with Gasteiger partial charge in [0.1, 0.15) is 6.10 Å². The van der Waals surface area contributed by atoms with Crippen LogP contribution in [-0.2, 0) is 19.1 Å². The molecule has 0 aromatic heterocycles. The summed E-state index contributed by atoms with van der Waals surface area (Å²) in [5.74, 6) is -4.05. The van der Waals surface area contributed by atoms with Crippen LogP contribution in [0.4, 0.5) is 0 Å². The Hall–Kier alpha value is -1.59. The summed E-state index contributed by atoms with van der Waals surface area (Å²) >= 11 is 0. The molecule has 0 saturated carbocycles. The molecule has 0 aromatic carbocycles. The highest BCUT2D eigenvalue weighted by Gasteiger charge is 2.24. The summed E-state index contributed by atoms with van der Waals surface area (Å²) in [6, 6.07) is 0. The molecular weight excluding hydrogens is 372 g/mol. The summed E-state index contributed by atoms with van der Waals surface area (Å²) in [6.07, 6.45) is 14.6. The fourth-order valence-electron chi connectivity index (χ4n) is 3.43. The Morgan fingerprint density at radius 2 is 1.10 bits per heavy atom. The monoisotopic (exact) mass is 414 g/mol. The molecule has 2 N–H and O–H groups in total. The second-order valence-electron chi connectivity index (χ2n) is 7.99. The third kappa shape index (κ3) is 16.0. The van der Waals surface area contributed by atoms with Gasteiger partial charge in [0.2, 0.25) is 0 Å². The number of hydrogen-bond donors (Lipinski definition) is 2. The van der Waals surface area contributed by atoms with E-state index in [1.165, 1.54) is 38.5 Å². The van der Waals surface area contributed by atoms with Crippen LogP contribution in [0, 0.1) is 5.92 Å². The summed E-state index contributed by atoms with van der Waals surface area (Å²) in [5, 5.41) is 17.7. The number of aliphatic carboxylic acids is 2. The van der Waals surface area contributed by atoms with Crippen LogP contribution in [0.3, 0.4) is 0 Å². The summed E-state index contributed by atoms with van der Waals surface area (Å²) < 4.78 is 5.72. The Balaban J connectivity index is 4.05. The predicted molar refractivity (Wildman–Crippen MR) is 114 cm³/mol. The van der Waals surface area contributed by atoms with Gasteiger partial charge in [-0.3, -0.25) is 14.4 Å². The van der Waals surface area contributed by atoms with Crippen LogP contribution in [0.5, 0.6) is 0 Å². The minimum absolute atomic E-state index is 0.0307. The first-order valence-electron chi connectivity index (χ1n) is 11.6. The van der Waals surface area contributed by atoms with Crippen molar-refractivity contribution in [1.82, 2.24) is 0 Å². The van der Waals surface area contributed by atoms with Crippen molar-refractivity contribution in [3.8, 4) is 0 Å². The zero-order valence-electron chi connectivity index (χ0n) is 18.5. The molecule has 0 saturated heterocycles. The predicted octanol–water partition coefficient (Wildman–Crippen LogP) is 5.97. The molecule has 0 amide bonds. The van der Waals surface area contributed by atoms with E-state index in [1.807, 2.05) is 0 Å². The lowest BCUT2D eigenvalue weighted by molar-refractivity contribution is -0.155. The third-order valence-electron chi connectivity index (χ3n) is 5.28. The largest absolute Gasteiger partial charge is 0.481 e. The molecule has 0 aromatic rings. The van der Waals surface area contributed by atoms with Gasteiger partial charge in [-0.2, -0.15) is 0 Å². The smallest absolute Gasteiger partial charge is 0.317 e. The Kier molecular flexibility index (Phi) is 17.4. The number of unbranched alkanes of at least 4 members (excludes halogenated alkanes) is 9. The van der Waals surface area contributed by atoms with E-state index < -0.39 is 17.9 Å². The molecule has 0 aliphatic heterocycles. The van der Waals surface area contributed by atoms with Crippen LogP contribution in [0.25, 0.3) is 0 Å². The van der Waals surface area contributed by atoms with Crippen molar-refractivity contribution >= 4 is 17.9 Å². The lowest BCUT2D eigenvalue weighted by atomic mass is 10.0. The van der Waals surface area contributed by atoms with E-state index in [0.29, 0.717) is 19.3 Å². The minimum Gasteiger partial charge on any atom is -0.481 e. The zero-order valence-corrected chi connectivity index (χ0v) is 18.5. The van der Waals surface area contributed by atoms with Crippen molar-refractivity contribution in [3.05, 3.63) is 0 Å². The number of ether oxygens (including phenoxy) is 1. The number of esters is 1. The van der Waals surface area contributed by atoms with E-state index in [0.717, 1.165) is 38.5 Å². The molecule has 0 atom stereocenters. The van der Waals surface area contributed by atoms with E-state index in [4.69, 9.17) is 14.9 Å². The lowest BCUT2D eigenvalue weighted by Gasteiger charge is -2.18. The van der Waals surface area contributed by atoms with Crippen LogP contribution >= 0.6 is 0 Å². The number of hydrogen-bond acceptors (Lipinski definition) is 4. The Bertz CT molecular complexity index is 423. The van der Waals surface area contributed by atoms with Gasteiger partial charge < -0.3 is 14.9 Å². The van der Waals surface area contributed by atoms with E-state index in [1.54, 1.807) is 0 Å². The van der Waals surface area contributed by atoms with Gasteiger partial charge in [0.15, 0.2) is 5.92 Å². The van der Waals surface area contributed by atoms with Crippen molar-refractivity contribution in [2.75, 3.05) is 0 Å². The van der Waals surface area contributed by atoms with Crippen LogP contribution in [0.1, 0.15) is 117 Å². The number of carboxylic acid groups (broad SMARTS) is 2. The van der Waals surface area contributed by atoms with Crippen LogP contribution in [-0.4, -0.2) is 34.2 Å². The first-order chi connectivity index (χ1) is 13.9. The molecule has 0 aliphatic carbocycles. The third-order valence-corrected chi connectivity index (χ3v) is 5.28. The quantitative estimate of drug-likeness (QED) is 0.145. The SMILES string of the molecule is CCCCCCC(CCCCCC)OC(=O)CCCCCCC(C(=O)O)C(=O)O. The number of carboxylic acids is 2. The average molecular weight is 415 g/mol. The molecule has 0 spiro atoms. The Morgan fingerprint density at radius 3 is 1.59 bits per heavy atom. The molecular formula is C23H42O6. The Morgan fingerprint density at radius 1 is 0.655 bits per heavy atom. The molecule has 29 heavy (non-hydrogen) atoms. The molecule has 0 unspecified atom stereocenters. The standard InChI is InChI=1S/C23H42O6/c1-3-5-7-11-15-19(16-12-8-6-4-2)29-21(24)18-14-10-9-13-17-20(22(25)26)23(27)28/h19-20H,3-18H2,1-2H3,(H,25,26)(H,27,28). The summed E-state index contributed by atoms with van der Waals surface area (Å²) in [4.78, 5) is 33.8. The van der Waals surface area contributed by atoms with Crippen molar-refractivity contribution in [2.45, 2.75) is 123 Å². The lowest BCUT2D eigenvalue weighted by Crippen LogP contribution is -2.23. The maximum Gasteiger partial charge on any atom is 0.317 e. The summed E-state index contributed by atoms with van der Waals surface area (Å²) in [6.45, 7) is 4.37. The van der Waals surface area contributed by atoms with E-state index in [2.05, 4.69) is 13.8 Å². The van der Waals surface area contributed by atoms with Gasteiger partial charge in [0, 0.05) is 6.42 Å². The highest BCUT2D eigenvalue weighted by Crippen LogP contribution is 2.17. The number of carbonyl (C=O) groups is 3. The maximum absolute atomic E-state index is 12.2. The molecule has 0 bridgehead atoms. The van der Waals surface area contributed by atoms with E-state index in [-0.39, 0.29) is 18.5 Å². The first-order valence-corrected chi connectivity index (χ1v) is 11.6. The molecule has 0 fully saturated rings. The van der Waals surface area contributed by atoms with E-state index in [9.17, 15) is 14.4 Å². The van der Waals surface area contributed by atoms with Crippen LogP contribution < -0.4 is 0 Å². The van der Waals surface area contributed by atoms with Gasteiger partial charge in [0.05, 0.1) is 0 Å². The summed E-state index contributed by atoms with van der Waals surface area (Å²) in [5.41, 5.74) is 0. The second-order valence-corrected chi connectivity index (χ2v) is 7.99. The van der Waals surface area contributed by atoms with Gasteiger partial charge in [0.25, 0.3) is 0 Å². The van der Waals surface area contributed by atoms with E-state index >= 15 is 0 Å². The molecule has 6 nitrogen and oxygen atoms in total. The van der Waals surface area contributed by atoms with Gasteiger partial charge in [-0.15, -0.1) is 0 Å². The second kappa shape index (κ2) is 18.4. The molecule has 0 aliphatic rings. The van der Waals surface area contributed by atoms with Crippen molar-refractivity contribution in [2.24, 2.45) is 5.92 Å². The number of rotatable bonds is 20. The van der Waals surface area contributed by atoms with Crippen LogP contribution in [0.15, 0.2) is 0 Å². The molecule has 170 valence electrons. The van der Waals surface area contributed by atoms with Crippen LogP contribution in [0.2, 0.25) is 0 Å². The van der Waals surface area contributed by atoms with Crippen molar-refractivity contribution < 1.29 is 29.3 Å². The van der Waals surface area contributed by atoms with Crippen molar-refractivity contribution in [1.29, 1.82) is 0 Å². The fourth-order valence-corrected chi connectivity index (χ4v) is 3.43. The zero-order chi connectivity index (χ0) is 21.9. The van der Waals surface area contributed by atoms with Gasteiger partial charge in [-0.1, -0.05) is 71.6 Å². The fraction of sp³-hybridized carbons (Fsp3) is 0.870. The maximum atomic E-state index is 12.2. The highest BCUT2D eigenvalue weighted by atomic mass is 16.5. The van der Waals surface area contributed by atoms with Gasteiger partial charge >= 0.3 is 17.9 Å². The minimum atomic E-state index is -1.33. The first kappa shape index (κ1) is 27.4. The normalized spacial score (nSPS) is 11.2. The van der Waals surface area contributed by atoms with Gasteiger partial charge in [-0.05, 0) is 38.5 Å². The topological polar surface area (TPSA) is 101 Å². The summed E-state index contributed by atoms with van der Waals surface area (Å²) in [7, 11) is 0. The molecule has 0 radical (unpaired) electrons. The number of carbonyl (C=O) groups excluding carboxylic acids is 1.